The molecule has 6 heteroatoms. The third-order valence-electron chi connectivity index (χ3n) is 11.3. The number of rotatable bonds is 48. The molecule has 0 aromatic carbocycles. The summed E-state index contributed by atoms with van der Waals surface area (Å²) in [6, 6.07) is 0. The van der Waals surface area contributed by atoms with Gasteiger partial charge < -0.3 is 14.2 Å². The van der Waals surface area contributed by atoms with Gasteiger partial charge in [0, 0.05) is 19.3 Å². The van der Waals surface area contributed by atoms with Crippen LogP contribution in [-0.4, -0.2) is 37.2 Å². The van der Waals surface area contributed by atoms with Gasteiger partial charge in [-0.05, 0) is 96.3 Å². The fraction of sp³-hybridized carbons (Fsp3) is 0.683. The number of allylic oxidation sites excluding steroid dienone is 16. The Bertz CT molecular complexity index is 1330. The number of hydrogen-bond acceptors (Lipinski definition) is 6. The summed E-state index contributed by atoms with van der Waals surface area (Å²) >= 11 is 0. The molecule has 376 valence electrons. The van der Waals surface area contributed by atoms with E-state index in [1.54, 1.807) is 0 Å². The van der Waals surface area contributed by atoms with Crippen molar-refractivity contribution in [1.29, 1.82) is 0 Å². The fourth-order valence-corrected chi connectivity index (χ4v) is 7.31. The summed E-state index contributed by atoms with van der Waals surface area (Å²) in [5.41, 5.74) is 0. The van der Waals surface area contributed by atoms with Crippen molar-refractivity contribution in [3.8, 4) is 0 Å². The molecular formula is C60H100O6. The third kappa shape index (κ3) is 51.3. The Morgan fingerprint density at radius 1 is 0.318 bits per heavy atom. The molecule has 0 aliphatic heterocycles. The van der Waals surface area contributed by atoms with Crippen LogP contribution in [0.25, 0.3) is 0 Å². The lowest BCUT2D eigenvalue weighted by atomic mass is 10.0. The zero-order chi connectivity index (χ0) is 47.9. The maximum atomic E-state index is 12.7. The number of esters is 3. The highest BCUT2D eigenvalue weighted by atomic mass is 16.6. The van der Waals surface area contributed by atoms with E-state index < -0.39 is 6.10 Å². The van der Waals surface area contributed by atoms with Crippen LogP contribution in [0.1, 0.15) is 245 Å². The van der Waals surface area contributed by atoms with Crippen LogP contribution in [0, 0.1) is 0 Å². The smallest absolute Gasteiger partial charge is 0.306 e. The van der Waals surface area contributed by atoms with E-state index in [0.29, 0.717) is 19.3 Å². The number of unbranched alkanes of at least 4 members (excludes halogenated alkanes) is 21. The van der Waals surface area contributed by atoms with Gasteiger partial charge >= 0.3 is 17.9 Å². The summed E-state index contributed by atoms with van der Waals surface area (Å²) in [6.45, 7) is 6.35. The van der Waals surface area contributed by atoms with Gasteiger partial charge in [0.1, 0.15) is 13.2 Å². The van der Waals surface area contributed by atoms with Gasteiger partial charge in [0.15, 0.2) is 6.10 Å². The average molecular weight is 917 g/mol. The van der Waals surface area contributed by atoms with E-state index in [9.17, 15) is 14.4 Å². The van der Waals surface area contributed by atoms with E-state index in [0.717, 1.165) is 116 Å². The minimum atomic E-state index is -0.790. The van der Waals surface area contributed by atoms with Gasteiger partial charge in [0.05, 0.1) is 0 Å². The van der Waals surface area contributed by atoms with Crippen LogP contribution in [0.5, 0.6) is 0 Å². The number of carbonyl (C=O) groups excluding carboxylic acids is 3. The Morgan fingerprint density at radius 2 is 0.591 bits per heavy atom. The molecule has 0 N–H and O–H groups in total. The zero-order valence-electron chi connectivity index (χ0n) is 42.9. The first-order valence-corrected chi connectivity index (χ1v) is 27.2. The van der Waals surface area contributed by atoms with E-state index in [-0.39, 0.29) is 31.1 Å². The minimum Gasteiger partial charge on any atom is -0.462 e. The topological polar surface area (TPSA) is 78.9 Å². The van der Waals surface area contributed by atoms with Gasteiger partial charge in [-0.25, -0.2) is 0 Å². The predicted octanol–water partition coefficient (Wildman–Crippen LogP) is 18.1. The van der Waals surface area contributed by atoms with E-state index in [1.807, 2.05) is 0 Å². The Balaban J connectivity index is 4.19. The molecule has 1 unspecified atom stereocenters. The molecule has 0 saturated carbocycles. The molecule has 0 rings (SSSR count). The highest BCUT2D eigenvalue weighted by Gasteiger charge is 2.19. The minimum absolute atomic E-state index is 0.0892. The first-order valence-electron chi connectivity index (χ1n) is 27.2. The second-order valence-corrected chi connectivity index (χ2v) is 17.7. The van der Waals surface area contributed by atoms with Gasteiger partial charge in [-0.2, -0.15) is 0 Å². The lowest BCUT2D eigenvalue weighted by Gasteiger charge is -2.18. The molecule has 0 aliphatic carbocycles. The Kier molecular flexibility index (Phi) is 50.9. The average Bonchev–Trinajstić information content (AvgIpc) is 3.31. The molecule has 0 bridgehead atoms. The van der Waals surface area contributed by atoms with Crippen LogP contribution in [0.3, 0.4) is 0 Å². The molecule has 0 amide bonds. The predicted molar refractivity (Wildman–Crippen MR) is 284 cm³/mol. The second-order valence-electron chi connectivity index (χ2n) is 17.7. The third-order valence-corrected chi connectivity index (χ3v) is 11.3. The molecule has 0 spiro atoms. The molecule has 0 heterocycles. The molecule has 66 heavy (non-hydrogen) atoms. The first-order chi connectivity index (χ1) is 32.5. The summed E-state index contributed by atoms with van der Waals surface area (Å²) in [4.78, 5) is 37.9. The van der Waals surface area contributed by atoms with Crippen molar-refractivity contribution >= 4 is 17.9 Å². The van der Waals surface area contributed by atoms with Crippen LogP contribution in [0.15, 0.2) is 97.2 Å². The molecule has 0 radical (unpaired) electrons. The Hall–Kier alpha value is -3.67. The monoisotopic (exact) mass is 917 g/mol. The van der Waals surface area contributed by atoms with Crippen LogP contribution in [0.4, 0.5) is 0 Å². The van der Waals surface area contributed by atoms with Gasteiger partial charge in [-0.1, -0.05) is 227 Å². The van der Waals surface area contributed by atoms with Crippen molar-refractivity contribution in [3.05, 3.63) is 97.2 Å². The lowest BCUT2D eigenvalue weighted by Crippen LogP contribution is -2.30. The van der Waals surface area contributed by atoms with E-state index in [2.05, 4.69) is 118 Å². The zero-order valence-corrected chi connectivity index (χ0v) is 42.9. The van der Waals surface area contributed by atoms with Crippen molar-refractivity contribution in [2.45, 2.75) is 252 Å². The molecule has 0 aromatic heterocycles. The van der Waals surface area contributed by atoms with Crippen molar-refractivity contribution in [2.75, 3.05) is 13.2 Å². The van der Waals surface area contributed by atoms with Crippen LogP contribution in [0.2, 0.25) is 0 Å². The molecule has 0 aliphatic rings. The number of carbonyl (C=O) groups is 3. The highest BCUT2D eigenvalue weighted by molar-refractivity contribution is 5.71. The molecule has 1 atom stereocenters. The van der Waals surface area contributed by atoms with Gasteiger partial charge in [0.2, 0.25) is 0 Å². The second kappa shape index (κ2) is 53.9. The van der Waals surface area contributed by atoms with Crippen molar-refractivity contribution in [2.24, 2.45) is 0 Å². The SMILES string of the molecule is CC/C=C\C/C=C\C/C=C\C/C=C\C/C=C\CCCCCCCCCCCCCC(=O)OCC(COC(=O)CCCCCCCCCC)OC(=O)CCCCC/C=C\C/C=C\C/C=C\CC. The number of hydrogen-bond donors (Lipinski definition) is 0. The molecule has 6 nitrogen and oxygen atoms in total. The fourth-order valence-electron chi connectivity index (χ4n) is 7.31. The summed E-state index contributed by atoms with van der Waals surface area (Å²) in [7, 11) is 0. The molecule has 0 aromatic rings. The van der Waals surface area contributed by atoms with E-state index >= 15 is 0 Å². The number of ether oxygens (including phenoxy) is 3. The van der Waals surface area contributed by atoms with Crippen molar-refractivity contribution in [3.63, 3.8) is 0 Å². The Labute approximate surface area is 407 Å². The van der Waals surface area contributed by atoms with E-state index in [4.69, 9.17) is 14.2 Å². The normalized spacial score (nSPS) is 12.8. The quantitative estimate of drug-likeness (QED) is 0.0262. The highest BCUT2D eigenvalue weighted by Crippen LogP contribution is 2.15. The first kappa shape index (κ1) is 62.3. The lowest BCUT2D eigenvalue weighted by molar-refractivity contribution is -0.167. The summed E-state index contributed by atoms with van der Waals surface area (Å²) in [6.07, 6.45) is 71.3. The Morgan fingerprint density at radius 3 is 0.939 bits per heavy atom. The molecule has 0 saturated heterocycles. The van der Waals surface area contributed by atoms with Crippen LogP contribution in [-0.2, 0) is 28.6 Å². The summed E-state index contributed by atoms with van der Waals surface area (Å²) in [5.74, 6) is -0.928. The maximum absolute atomic E-state index is 12.7. The molecular weight excluding hydrogens is 817 g/mol. The van der Waals surface area contributed by atoms with Gasteiger partial charge in [-0.3, -0.25) is 14.4 Å². The van der Waals surface area contributed by atoms with Crippen LogP contribution < -0.4 is 0 Å². The summed E-state index contributed by atoms with van der Waals surface area (Å²) < 4.78 is 16.7. The maximum Gasteiger partial charge on any atom is 0.306 e. The molecule has 0 fully saturated rings. The standard InChI is InChI=1S/C60H100O6/c1-4-7-10-13-16-19-21-23-24-25-26-27-28-29-30-31-32-33-34-35-36-38-39-41-44-47-50-53-59(62)65-56-57(55-64-58(61)52-49-46-43-18-15-12-9-6-3)66-60(63)54-51-48-45-42-40-37-22-20-17-14-11-8-5-2/h7-8,10-11,16-17,19-20,23-24,26-27,29-30,37,40,57H,4-6,9,12-15,18,21-22,25,28,31-36,38-39,41-56H2,1-3H3/b10-7-,11-8-,19-16-,20-17-,24-23-,27-26-,30-29-,40-37-. The van der Waals surface area contributed by atoms with Gasteiger partial charge in [-0.15, -0.1) is 0 Å². The van der Waals surface area contributed by atoms with Gasteiger partial charge in [0.25, 0.3) is 0 Å². The van der Waals surface area contributed by atoms with E-state index in [1.165, 1.54) is 89.9 Å². The summed E-state index contributed by atoms with van der Waals surface area (Å²) in [5, 5.41) is 0. The van der Waals surface area contributed by atoms with Crippen molar-refractivity contribution < 1.29 is 28.6 Å². The van der Waals surface area contributed by atoms with Crippen molar-refractivity contribution in [1.82, 2.24) is 0 Å². The van der Waals surface area contributed by atoms with Crippen LogP contribution >= 0.6 is 0 Å². The largest absolute Gasteiger partial charge is 0.462 e.